The van der Waals surface area contributed by atoms with E-state index in [1.807, 2.05) is 0 Å². The molecule has 2 rings (SSSR count). The highest BCUT2D eigenvalue weighted by Gasteiger charge is 2.28. The average Bonchev–Trinajstić information content (AvgIpc) is 2.69. The van der Waals surface area contributed by atoms with E-state index in [1.165, 1.54) is 6.07 Å². The Bertz CT molecular complexity index is 560. The maximum atomic E-state index is 13.5. The minimum Gasteiger partial charge on any atom is -0.310 e. The lowest BCUT2D eigenvalue weighted by Crippen LogP contribution is -2.27. The molecule has 0 amide bonds. The van der Waals surface area contributed by atoms with Crippen molar-refractivity contribution in [1.82, 2.24) is 5.32 Å². The third-order valence-electron chi connectivity index (χ3n) is 3.46. The second-order valence-electron chi connectivity index (χ2n) is 5.06. The summed E-state index contributed by atoms with van der Waals surface area (Å²) in [6.07, 6.45) is 0.633. The van der Waals surface area contributed by atoms with Crippen molar-refractivity contribution in [2.45, 2.75) is 19.4 Å². The van der Waals surface area contributed by atoms with E-state index in [0.717, 1.165) is 12.1 Å². The number of nitrogens with one attached hydrogen (secondary N) is 1. The molecule has 0 bridgehead atoms. The molecule has 1 aliphatic heterocycles. The van der Waals surface area contributed by atoms with Gasteiger partial charge in [-0.1, -0.05) is 0 Å². The monoisotopic (exact) mass is 289 g/mol. The molecule has 1 heterocycles. The fourth-order valence-corrected chi connectivity index (χ4v) is 4.19. The van der Waals surface area contributed by atoms with Crippen molar-refractivity contribution >= 4 is 9.84 Å². The number of halogens is 2. The van der Waals surface area contributed by atoms with Crippen molar-refractivity contribution in [1.29, 1.82) is 0 Å². The molecule has 1 saturated heterocycles. The van der Waals surface area contributed by atoms with Gasteiger partial charge in [-0.05, 0) is 44.0 Å². The van der Waals surface area contributed by atoms with E-state index in [9.17, 15) is 17.2 Å². The summed E-state index contributed by atoms with van der Waals surface area (Å²) >= 11 is 0. The minimum atomic E-state index is -2.90. The van der Waals surface area contributed by atoms with Gasteiger partial charge in [0.25, 0.3) is 0 Å². The van der Waals surface area contributed by atoms with Gasteiger partial charge in [0.05, 0.1) is 11.5 Å². The largest absolute Gasteiger partial charge is 0.310 e. The van der Waals surface area contributed by atoms with Gasteiger partial charge < -0.3 is 5.32 Å². The SMILES string of the molecule is CC(NCC1CCS(=O)(=O)C1)c1cc(F)ccc1F. The van der Waals surface area contributed by atoms with Crippen molar-refractivity contribution in [3.63, 3.8) is 0 Å². The molecule has 106 valence electrons. The molecule has 0 saturated carbocycles. The van der Waals surface area contributed by atoms with Gasteiger partial charge in [-0.15, -0.1) is 0 Å². The third-order valence-corrected chi connectivity index (χ3v) is 5.30. The van der Waals surface area contributed by atoms with Crippen molar-refractivity contribution in [2.24, 2.45) is 5.92 Å². The second kappa shape index (κ2) is 5.54. The van der Waals surface area contributed by atoms with Gasteiger partial charge in [0, 0.05) is 11.6 Å². The van der Waals surface area contributed by atoms with E-state index >= 15 is 0 Å². The Morgan fingerprint density at radius 2 is 2.16 bits per heavy atom. The summed E-state index contributed by atoms with van der Waals surface area (Å²) in [5.74, 6) is -0.474. The first-order valence-corrected chi connectivity index (χ1v) is 8.08. The van der Waals surface area contributed by atoms with Gasteiger partial charge in [0.15, 0.2) is 9.84 Å². The molecular weight excluding hydrogens is 272 g/mol. The van der Waals surface area contributed by atoms with E-state index in [-0.39, 0.29) is 29.0 Å². The lowest BCUT2D eigenvalue weighted by molar-refractivity contribution is 0.460. The zero-order chi connectivity index (χ0) is 14.0. The van der Waals surface area contributed by atoms with Crippen LogP contribution < -0.4 is 5.32 Å². The van der Waals surface area contributed by atoms with Crippen LogP contribution in [0.4, 0.5) is 8.78 Å². The van der Waals surface area contributed by atoms with Crippen LogP contribution >= 0.6 is 0 Å². The molecule has 2 unspecified atom stereocenters. The van der Waals surface area contributed by atoms with Crippen LogP contribution in [0.15, 0.2) is 18.2 Å². The Morgan fingerprint density at radius 1 is 1.42 bits per heavy atom. The molecule has 1 aromatic rings. The molecule has 3 nitrogen and oxygen atoms in total. The smallest absolute Gasteiger partial charge is 0.150 e. The highest BCUT2D eigenvalue weighted by Crippen LogP contribution is 2.21. The van der Waals surface area contributed by atoms with Crippen molar-refractivity contribution in [3.05, 3.63) is 35.4 Å². The molecule has 0 radical (unpaired) electrons. The molecule has 0 spiro atoms. The summed E-state index contributed by atoms with van der Waals surface area (Å²) in [5.41, 5.74) is 0.265. The van der Waals surface area contributed by atoms with Gasteiger partial charge in [-0.2, -0.15) is 0 Å². The van der Waals surface area contributed by atoms with Crippen molar-refractivity contribution in [2.75, 3.05) is 18.1 Å². The predicted molar refractivity (Wildman–Crippen MR) is 69.5 cm³/mol. The van der Waals surface area contributed by atoms with E-state index in [2.05, 4.69) is 5.32 Å². The van der Waals surface area contributed by atoms with Gasteiger partial charge in [-0.3, -0.25) is 0 Å². The summed E-state index contributed by atoms with van der Waals surface area (Å²) in [4.78, 5) is 0. The lowest BCUT2D eigenvalue weighted by Gasteiger charge is -2.17. The normalized spacial score (nSPS) is 23.4. The Morgan fingerprint density at radius 3 is 2.79 bits per heavy atom. The zero-order valence-electron chi connectivity index (χ0n) is 10.7. The van der Waals surface area contributed by atoms with Gasteiger partial charge in [0.2, 0.25) is 0 Å². The zero-order valence-corrected chi connectivity index (χ0v) is 11.5. The second-order valence-corrected chi connectivity index (χ2v) is 7.29. The molecule has 19 heavy (non-hydrogen) atoms. The topological polar surface area (TPSA) is 46.2 Å². The minimum absolute atomic E-state index is 0.0593. The van der Waals surface area contributed by atoms with Crippen LogP contribution in [0.25, 0.3) is 0 Å². The number of hydrogen-bond donors (Lipinski definition) is 1. The molecule has 1 fully saturated rings. The maximum absolute atomic E-state index is 13.5. The van der Waals surface area contributed by atoms with Crippen LogP contribution in [0.3, 0.4) is 0 Å². The Hall–Kier alpha value is -1.01. The summed E-state index contributed by atoms with van der Waals surface area (Å²) in [6.45, 7) is 2.23. The Labute approximate surface area is 111 Å². The third kappa shape index (κ3) is 3.73. The summed E-state index contributed by atoms with van der Waals surface area (Å²) in [5, 5.41) is 3.08. The average molecular weight is 289 g/mol. The van der Waals surface area contributed by atoms with Crippen LogP contribution in [0, 0.1) is 17.6 Å². The van der Waals surface area contributed by atoms with E-state index in [1.54, 1.807) is 6.92 Å². The quantitative estimate of drug-likeness (QED) is 0.923. The summed E-state index contributed by atoms with van der Waals surface area (Å²) in [6, 6.07) is 3.00. The predicted octanol–water partition coefficient (Wildman–Crippen LogP) is 2.05. The molecule has 0 aliphatic carbocycles. The first-order chi connectivity index (χ1) is 8.87. The van der Waals surface area contributed by atoms with Gasteiger partial charge >= 0.3 is 0 Å². The molecular formula is C13H17F2NO2S. The fraction of sp³-hybridized carbons (Fsp3) is 0.538. The van der Waals surface area contributed by atoms with Crippen molar-refractivity contribution < 1.29 is 17.2 Å². The van der Waals surface area contributed by atoms with Crippen LogP contribution in [0.5, 0.6) is 0 Å². The molecule has 0 aromatic heterocycles. The van der Waals surface area contributed by atoms with Gasteiger partial charge in [-0.25, -0.2) is 17.2 Å². The van der Waals surface area contributed by atoms with Crippen molar-refractivity contribution in [3.8, 4) is 0 Å². The van der Waals surface area contributed by atoms with Crippen LogP contribution in [-0.2, 0) is 9.84 Å². The molecule has 1 aromatic carbocycles. The molecule has 1 aliphatic rings. The number of sulfone groups is 1. The molecule has 2 atom stereocenters. The number of hydrogen-bond acceptors (Lipinski definition) is 3. The highest BCUT2D eigenvalue weighted by atomic mass is 32.2. The fourth-order valence-electron chi connectivity index (χ4n) is 2.33. The molecule has 6 heteroatoms. The maximum Gasteiger partial charge on any atom is 0.150 e. The van der Waals surface area contributed by atoms with E-state index in [4.69, 9.17) is 0 Å². The van der Waals surface area contributed by atoms with E-state index in [0.29, 0.717) is 13.0 Å². The Balaban J connectivity index is 1.94. The molecule has 1 N–H and O–H groups in total. The first kappa shape index (κ1) is 14.4. The number of rotatable bonds is 4. The standard InChI is InChI=1S/C13H17F2NO2S/c1-9(12-6-11(14)2-3-13(12)15)16-7-10-4-5-19(17,18)8-10/h2-3,6,9-10,16H,4-5,7-8H2,1H3. The van der Waals surface area contributed by atoms with E-state index < -0.39 is 21.5 Å². The number of benzene rings is 1. The Kier molecular flexibility index (Phi) is 4.20. The summed E-state index contributed by atoms with van der Waals surface area (Å²) in [7, 11) is -2.90. The van der Waals surface area contributed by atoms with Crippen LogP contribution in [0.1, 0.15) is 24.9 Å². The van der Waals surface area contributed by atoms with Gasteiger partial charge in [0.1, 0.15) is 11.6 Å². The summed E-state index contributed by atoms with van der Waals surface area (Å²) < 4.78 is 49.3. The first-order valence-electron chi connectivity index (χ1n) is 6.26. The van der Waals surface area contributed by atoms with Crippen LogP contribution in [-0.4, -0.2) is 26.5 Å². The van der Waals surface area contributed by atoms with Crippen LogP contribution in [0.2, 0.25) is 0 Å². The highest BCUT2D eigenvalue weighted by molar-refractivity contribution is 7.91. The lowest BCUT2D eigenvalue weighted by atomic mass is 10.1.